The molecule has 110 valence electrons. The van der Waals surface area contributed by atoms with Crippen LogP contribution in [0.2, 0.25) is 0 Å². The van der Waals surface area contributed by atoms with Gasteiger partial charge in [-0.3, -0.25) is 4.79 Å². The maximum absolute atomic E-state index is 11.3. The summed E-state index contributed by atoms with van der Waals surface area (Å²) in [4.78, 5) is 11.3. The molecule has 0 aliphatic heterocycles. The minimum Gasteiger partial charge on any atom is -0.300 e. The quantitative estimate of drug-likeness (QED) is 0.682. The average molecular weight is 272 g/mol. The molecular formula is C19H28O. The van der Waals surface area contributed by atoms with E-state index in [9.17, 15) is 4.79 Å². The monoisotopic (exact) mass is 272 g/mol. The summed E-state index contributed by atoms with van der Waals surface area (Å²) in [6, 6.07) is 6.60. The average Bonchev–Trinajstić information content (AvgIpc) is 2.38. The van der Waals surface area contributed by atoms with E-state index in [1.807, 2.05) is 6.92 Å². The molecule has 0 saturated heterocycles. The van der Waals surface area contributed by atoms with Gasteiger partial charge in [0.05, 0.1) is 0 Å². The fourth-order valence-electron chi connectivity index (χ4n) is 2.48. The maximum Gasteiger partial charge on any atom is 0.132 e. The van der Waals surface area contributed by atoms with Gasteiger partial charge >= 0.3 is 0 Å². The van der Waals surface area contributed by atoms with Crippen LogP contribution in [0.25, 0.3) is 5.57 Å². The molecule has 0 radical (unpaired) electrons. The Morgan fingerprint density at radius 3 is 2.40 bits per heavy atom. The van der Waals surface area contributed by atoms with Crippen molar-refractivity contribution in [3.8, 4) is 0 Å². The van der Waals surface area contributed by atoms with Crippen LogP contribution in [0, 0.1) is 25.7 Å². The number of carbonyl (C=O) groups excluding carboxylic acids is 1. The van der Waals surface area contributed by atoms with Gasteiger partial charge in [-0.1, -0.05) is 43.7 Å². The van der Waals surface area contributed by atoms with Gasteiger partial charge in [-0.2, -0.15) is 0 Å². The van der Waals surface area contributed by atoms with E-state index >= 15 is 0 Å². The lowest BCUT2D eigenvalue weighted by Gasteiger charge is -2.13. The molecule has 0 aromatic heterocycles. The molecule has 0 heterocycles. The molecule has 0 bridgehead atoms. The Bertz CT molecular complexity index is 496. The van der Waals surface area contributed by atoms with Crippen LogP contribution in [-0.2, 0) is 4.79 Å². The molecule has 0 N–H and O–H groups in total. The van der Waals surface area contributed by atoms with Gasteiger partial charge in [0.2, 0.25) is 0 Å². The number of rotatable bonds is 6. The molecule has 1 rings (SSSR count). The van der Waals surface area contributed by atoms with Crippen molar-refractivity contribution in [2.45, 2.75) is 54.4 Å². The molecule has 1 aromatic carbocycles. The van der Waals surface area contributed by atoms with Crippen LogP contribution < -0.4 is 0 Å². The molecule has 0 aliphatic rings. The Morgan fingerprint density at radius 2 is 1.80 bits per heavy atom. The van der Waals surface area contributed by atoms with Crippen molar-refractivity contribution >= 4 is 11.4 Å². The number of hydrogen-bond donors (Lipinski definition) is 0. The van der Waals surface area contributed by atoms with Gasteiger partial charge < -0.3 is 0 Å². The number of allylic oxidation sites excluding steroid dienone is 2. The molecule has 1 heteroatoms. The number of ketones is 1. The van der Waals surface area contributed by atoms with E-state index in [0.29, 0.717) is 11.7 Å². The highest BCUT2D eigenvalue weighted by Gasteiger charge is 2.10. The Hall–Kier alpha value is -1.37. The van der Waals surface area contributed by atoms with Crippen molar-refractivity contribution in [3.05, 3.63) is 41.0 Å². The summed E-state index contributed by atoms with van der Waals surface area (Å²) in [5, 5.41) is 0. The minimum absolute atomic E-state index is 0.187. The van der Waals surface area contributed by atoms with Crippen molar-refractivity contribution in [1.29, 1.82) is 0 Å². The van der Waals surface area contributed by atoms with Crippen LogP contribution in [0.5, 0.6) is 0 Å². The van der Waals surface area contributed by atoms with Gasteiger partial charge in [0, 0.05) is 5.92 Å². The number of hydrogen-bond acceptors (Lipinski definition) is 1. The van der Waals surface area contributed by atoms with Gasteiger partial charge in [0.25, 0.3) is 0 Å². The molecule has 20 heavy (non-hydrogen) atoms. The van der Waals surface area contributed by atoms with E-state index < -0.39 is 0 Å². The van der Waals surface area contributed by atoms with Gasteiger partial charge in [0.15, 0.2) is 0 Å². The second-order valence-electron chi connectivity index (χ2n) is 6.23. The SMILES string of the molecule is CC(=O)C(C)CCC(C)/C=C(/C)c1cc(C)ccc1C. The van der Waals surface area contributed by atoms with E-state index in [1.165, 1.54) is 22.3 Å². The predicted octanol–water partition coefficient (Wildman–Crippen LogP) is 5.35. The highest BCUT2D eigenvalue weighted by Crippen LogP contribution is 2.23. The normalized spacial score (nSPS) is 15.0. The Labute approximate surface area is 124 Å². The number of Topliss-reactive ketones (excluding diaryl/α,β-unsaturated/α-hetero) is 1. The van der Waals surface area contributed by atoms with Gasteiger partial charge in [-0.05, 0) is 63.2 Å². The van der Waals surface area contributed by atoms with Gasteiger partial charge in [-0.15, -0.1) is 0 Å². The summed E-state index contributed by atoms with van der Waals surface area (Å²) in [6.07, 6.45) is 4.39. The first-order valence-corrected chi connectivity index (χ1v) is 7.57. The highest BCUT2D eigenvalue weighted by atomic mass is 16.1. The van der Waals surface area contributed by atoms with Crippen molar-refractivity contribution in [2.24, 2.45) is 11.8 Å². The summed E-state index contributed by atoms with van der Waals surface area (Å²) in [5.41, 5.74) is 5.32. The third kappa shape index (κ3) is 4.96. The zero-order valence-electron chi connectivity index (χ0n) is 13.8. The van der Waals surface area contributed by atoms with Gasteiger partial charge in [0.1, 0.15) is 5.78 Å². The zero-order chi connectivity index (χ0) is 15.3. The molecule has 0 amide bonds. The molecule has 0 saturated carbocycles. The largest absolute Gasteiger partial charge is 0.300 e. The summed E-state index contributed by atoms with van der Waals surface area (Å²) in [7, 11) is 0. The van der Waals surface area contributed by atoms with Crippen molar-refractivity contribution < 1.29 is 4.79 Å². The summed E-state index contributed by atoms with van der Waals surface area (Å²) >= 11 is 0. The summed E-state index contributed by atoms with van der Waals surface area (Å²) in [6.45, 7) is 12.4. The van der Waals surface area contributed by atoms with Crippen LogP contribution in [-0.4, -0.2) is 5.78 Å². The second-order valence-corrected chi connectivity index (χ2v) is 6.23. The minimum atomic E-state index is 0.187. The fourth-order valence-corrected chi connectivity index (χ4v) is 2.48. The maximum atomic E-state index is 11.3. The topological polar surface area (TPSA) is 17.1 Å². The van der Waals surface area contributed by atoms with E-state index in [1.54, 1.807) is 6.92 Å². The molecule has 2 unspecified atom stereocenters. The van der Waals surface area contributed by atoms with Crippen LogP contribution in [0.3, 0.4) is 0 Å². The first kappa shape index (κ1) is 16.7. The Balaban J connectivity index is 2.72. The second kappa shape index (κ2) is 7.42. The van der Waals surface area contributed by atoms with Crippen LogP contribution in [0.4, 0.5) is 0 Å². The fraction of sp³-hybridized carbons (Fsp3) is 0.526. The van der Waals surface area contributed by atoms with Crippen molar-refractivity contribution in [2.75, 3.05) is 0 Å². The zero-order valence-corrected chi connectivity index (χ0v) is 13.8. The Kier molecular flexibility index (Phi) is 6.19. The summed E-state index contributed by atoms with van der Waals surface area (Å²) in [5.74, 6) is 0.996. The van der Waals surface area contributed by atoms with E-state index in [2.05, 4.69) is 52.0 Å². The smallest absolute Gasteiger partial charge is 0.132 e. The highest BCUT2D eigenvalue weighted by molar-refractivity contribution is 5.77. The predicted molar refractivity (Wildman–Crippen MR) is 87.8 cm³/mol. The third-order valence-electron chi connectivity index (χ3n) is 4.10. The Morgan fingerprint density at radius 1 is 1.15 bits per heavy atom. The lowest BCUT2D eigenvalue weighted by molar-refractivity contribution is -0.120. The van der Waals surface area contributed by atoms with Gasteiger partial charge in [-0.25, -0.2) is 0 Å². The lowest BCUT2D eigenvalue weighted by Crippen LogP contribution is -2.07. The molecule has 1 nitrogen and oxygen atoms in total. The van der Waals surface area contributed by atoms with E-state index in [0.717, 1.165) is 12.8 Å². The van der Waals surface area contributed by atoms with Crippen molar-refractivity contribution in [1.82, 2.24) is 0 Å². The lowest BCUT2D eigenvalue weighted by atomic mass is 9.92. The van der Waals surface area contributed by atoms with Crippen LogP contribution in [0.15, 0.2) is 24.3 Å². The van der Waals surface area contributed by atoms with E-state index in [4.69, 9.17) is 0 Å². The third-order valence-corrected chi connectivity index (χ3v) is 4.10. The molecule has 0 aliphatic carbocycles. The van der Waals surface area contributed by atoms with Crippen LogP contribution >= 0.6 is 0 Å². The number of benzene rings is 1. The van der Waals surface area contributed by atoms with Crippen molar-refractivity contribution in [3.63, 3.8) is 0 Å². The van der Waals surface area contributed by atoms with E-state index in [-0.39, 0.29) is 5.92 Å². The molecular weight excluding hydrogens is 244 g/mol. The molecule has 1 aromatic rings. The molecule has 0 fully saturated rings. The molecule has 0 spiro atoms. The standard InChI is InChI=1S/C19H28O/c1-13(7-9-15(3)18(6)20)11-17(5)19-12-14(2)8-10-16(19)4/h8,10-13,15H,7,9H2,1-6H3/b17-11-. The number of carbonyl (C=O) groups is 1. The summed E-state index contributed by atoms with van der Waals surface area (Å²) < 4.78 is 0. The first-order valence-electron chi connectivity index (χ1n) is 7.57. The van der Waals surface area contributed by atoms with Crippen LogP contribution in [0.1, 0.15) is 57.2 Å². The molecule has 2 atom stereocenters. The number of aryl methyl sites for hydroxylation is 2. The first-order chi connectivity index (χ1) is 9.31.